The molecule has 2 rings (SSSR count). The minimum absolute atomic E-state index is 0.0150. The lowest BCUT2D eigenvalue weighted by molar-refractivity contribution is 0.148. The molecule has 1 aromatic heterocycles. The third kappa shape index (κ3) is 4.23. The third-order valence-corrected chi connectivity index (χ3v) is 5.76. The van der Waals surface area contributed by atoms with Crippen LogP contribution in [0.15, 0.2) is 18.2 Å². The van der Waals surface area contributed by atoms with Crippen molar-refractivity contribution in [2.45, 2.75) is 19.6 Å². The molecule has 0 bridgehead atoms. The summed E-state index contributed by atoms with van der Waals surface area (Å²) in [5, 5.41) is 10.1. The van der Waals surface area contributed by atoms with E-state index >= 15 is 0 Å². The fourth-order valence-corrected chi connectivity index (χ4v) is 3.74. The van der Waals surface area contributed by atoms with Gasteiger partial charge in [-0.1, -0.05) is 6.07 Å². The van der Waals surface area contributed by atoms with Crippen molar-refractivity contribution >= 4 is 10.0 Å². The van der Waals surface area contributed by atoms with Crippen LogP contribution in [0.5, 0.6) is 0 Å². The van der Waals surface area contributed by atoms with Crippen LogP contribution in [-0.4, -0.2) is 66.8 Å². The highest BCUT2D eigenvalue weighted by Crippen LogP contribution is 2.21. The summed E-state index contributed by atoms with van der Waals surface area (Å²) in [6, 6.07) is 5.84. The molecule has 0 spiro atoms. The number of pyridine rings is 1. The maximum atomic E-state index is 11.9. The van der Waals surface area contributed by atoms with Gasteiger partial charge in [0.25, 0.3) is 0 Å². The van der Waals surface area contributed by atoms with Crippen molar-refractivity contribution in [3.05, 3.63) is 29.6 Å². The molecule has 0 aliphatic carbocycles. The van der Waals surface area contributed by atoms with E-state index in [1.807, 2.05) is 25.1 Å². The van der Waals surface area contributed by atoms with E-state index in [1.165, 1.54) is 18.4 Å². The summed E-state index contributed by atoms with van der Waals surface area (Å²) in [5.41, 5.74) is 1.90. The van der Waals surface area contributed by atoms with Gasteiger partial charge in [0.2, 0.25) is 10.0 Å². The summed E-state index contributed by atoms with van der Waals surface area (Å²) < 4.78 is 25.1. The molecule has 1 aliphatic heterocycles. The molecule has 6 nitrogen and oxygen atoms in total. The lowest BCUT2D eigenvalue weighted by Gasteiger charge is -2.18. The summed E-state index contributed by atoms with van der Waals surface area (Å²) >= 11 is 0. The molecule has 21 heavy (non-hydrogen) atoms. The Kier molecular flexibility index (Phi) is 4.98. The average molecular weight is 313 g/mol. The van der Waals surface area contributed by atoms with Crippen LogP contribution in [0, 0.1) is 12.8 Å². The van der Waals surface area contributed by atoms with E-state index in [0.29, 0.717) is 19.6 Å². The quantitative estimate of drug-likeness (QED) is 0.833. The van der Waals surface area contributed by atoms with Crippen molar-refractivity contribution in [2.75, 3.05) is 32.9 Å². The Morgan fingerprint density at radius 3 is 2.71 bits per heavy atom. The topological polar surface area (TPSA) is 73.7 Å². The Bertz CT molecular complexity index is 589. The van der Waals surface area contributed by atoms with Gasteiger partial charge in [0.1, 0.15) is 0 Å². The van der Waals surface area contributed by atoms with Crippen molar-refractivity contribution in [3.8, 4) is 0 Å². The summed E-state index contributed by atoms with van der Waals surface area (Å²) in [7, 11) is -0.249. The molecule has 2 heterocycles. The molecule has 0 saturated carbocycles. The van der Waals surface area contributed by atoms with Crippen molar-refractivity contribution in [1.29, 1.82) is 0 Å². The molecule has 0 aromatic carbocycles. The number of aliphatic hydroxyl groups is 1. The van der Waals surface area contributed by atoms with Gasteiger partial charge in [-0.3, -0.25) is 9.88 Å². The normalized spacial score (nSPS) is 23.9. The van der Waals surface area contributed by atoms with Crippen LogP contribution in [0.2, 0.25) is 0 Å². The highest BCUT2D eigenvalue weighted by Gasteiger charge is 2.35. The standard InChI is InChI=1S/C14H23N3O3S/c1-11-5-4-6-13(15-11)8-17-7-12(14(18)9-17)10-21(19,20)16(2)3/h4-6,12,14,18H,7-10H2,1-3H3/t12-,14-/m0/s1. The summed E-state index contributed by atoms with van der Waals surface area (Å²) in [4.78, 5) is 6.50. The van der Waals surface area contributed by atoms with Crippen molar-refractivity contribution in [3.63, 3.8) is 0 Å². The lowest BCUT2D eigenvalue weighted by Crippen LogP contribution is -2.33. The van der Waals surface area contributed by atoms with Crippen LogP contribution in [-0.2, 0) is 16.6 Å². The number of rotatable bonds is 5. The number of nitrogens with zero attached hydrogens (tertiary/aromatic N) is 3. The van der Waals surface area contributed by atoms with Crippen LogP contribution in [0.4, 0.5) is 0 Å². The number of sulfonamides is 1. The lowest BCUT2D eigenvalue weighted by atomic mass is 10.1. The molecule has 2 atom stereocenters. The SMILES string of the molecule is Cc1cccc(CN2C[C@@H](CS(=O)(=O)N(C)C)[C@@H](O)C2)n1. The van der Waals surface area contributed by atoms with E-state index in [0.717, 1.165) is 11.4 Å². The second-order valence-electron chi connectivity index (χ2n) is 5.85. The molecule has 1 aliphatic rings. The first-order valence-electron chi connectivity index (χ1n) is 7.01. The van der Waals surface area contributed by atoms with Gasteiger partial charge >= 0.3 is 0 Å². The molecule has 1 fully saturated rings. The Balaban J connectivity index is 1.98. The minimum atomic E-state index is -3.29. The molecule has 1 aromatic rings. The van der Waals surface area contributed by atoms with E-state index in [4.69, 9.17) is 0 Å². The van der Waals surface area contributed by atoms with Gasteiger partial charge in [0.15, 0.2) is 0 Å². The zero-order chi connectivity index (χ0) is 15.6. The van der Waals surface area contributed by atoms with Gasteiger partial charge in [-0.15, -0.1) is 0 Å². The molecule has 118 valence electrons. The minimum Gasteiger partial charge on any atom is -0.391 e. The summed E-state index contributed by atoms with van der Waals surface area (Å²) in [6.45, 7) is 3.64. The van der Waals surface area contributed by atoms with Crippen LogP contribution in [0.3, 0.4) is 0 Å². The second kappa shape index (κ2) is 6.39. The van der Waals surface area contributed by atoms with Crippen molar-refractivity contribution in [1.82, 2.24) is 14.2 Å². The molecule has 1 N–H and O–H groups in total. The fourth-order valence-electron chi connectivity index (χ4n) is 2.57. The van der Waals surface area contributed by atoms with Crippen LogP contribution < -0.4 is 0 Å². The number of hydrogen-bond acceptors (Lipinski definition) is 5. The Morgan fingerprint density at radius 2 is 2.10 bits per heavy atom. The van der Waals surface area contributed by atoms with Crippen molar-refractivity contribution in [2.24, 2.45) is 5.92 Å². The Morgan fingerprint density at radius 1 is 1.38 bits per heavy atom. The fraction of sp³-hybridized carbons (Fsp3) is 0.643. The molecular formula is C14H23N3O3S. The monoisotopic (exact) mass is 313 g/mol. The summed E-state index contributed by atoms with van der Waals surface area (Å²) in [5.74, 6) is -0.263. The number of aryl methyl sites for hydroxylation is 1. The Labute approximate surface area is 126 Å². The molecule has 0 amide bonds. The highest BCUT2D eigenvalue weighted by atomic mass is 32.2. The Hall–Kier alpha value is -1.02. The van der Waals surface area contributed by atoms with Gasteiger partial charge in [-0.25, -0.2) is 12.7 Å². The van der Waals surface area contributed by atoms with Crippen LogP contribution in [0.25, 0.3) is 0 Å². The van der Waals surface area contributed by atoms with E-state index in [9.17, 15) is 13.5 Å². The molecule has 7 heteroatoms. The number of aromatic nitrogens is 1. The van der Waals surface area contributed by atoms with E-state index in [2.05, 4.69) is 9.88 Å². The van der Waals surface area contributed by atoms with Crippen molar-refractivity contribution < 1.29 is 13.5 Å². The van der Waals surface area contributed by atoms with Crippen LogP contribution >= 0.6 is 0 Å². The summed E-state index contributed by atoms with van der Waals surface area (Å²) in [6.07, 6.45) is -0.607. The number of likely N-dealkylation sites (tertiary alicyclic amines) is 1. The highest BCUT2D eigenvalue weighted by molar-refractivity contribution is 7.89. The van der Waals surface area contributed by atoms with Gasteiger partial charge < -0.3 is 5.11 Å². The maximum absolute atomic E-state index is 11.9. The number of aliphatic hydroxyl groups excluding tert-OH is 1. The largest absolute Gasteiger partial charge is 0.391 e. The van der Waals surface area contributed by atoms with E-state index in [1.54, 1.807) is 0 Å². The zero-order valence-corrected chi connectivity index (χ0v) is 13.5. The zero-order valence-electron chi connectivity index (χ0n) is 12.7. The average Bonchev–Trinajstić information content (AvgIpc) is 2.68. The number of hydrogen-bond donors (Lipinski definition) is 1. The maximum Gasteiger partial charge on any atom is 0.214 e. The van der Waals surface area contributed by atoms with Gasteiger partial charge in [0.05, 0.1) is 17.6 Å². The first-order chi connectivity index (χ1) is 9.78. The molecular weight excluding hydrogens is 290 g/mol. The third-order valence-electron chi connectivity index (χ3n) is 3.79. The van der Waals surface area contributed by atoms with E-state index < -0.39 is 16.1 Å². The first kappa shape index (κ1) is 16.4. The van der Waals surface area contributed by atoms with Gasteiger partial charge in [-0.2, -0.15) is 0 Å². The predicted octanol–water partition coefficient (Wildman–Crippen LogP) is 0.0741. The molecule has 1 saturated heterocycles. The van der Waals surface area contributed by atoms with Gasteiger partial charge in [-0.05, 0) is 19.1 Å². The van der Waals surface area contributed by atoms with Gasteiger partial charge in [0, 0.05) is 45.3 Å². The molecule has 0 unspecified atom stereocenters. The van der Waals surface area contributed by atoms with Crippen LogP contribution in [0.1, 0.15) is 11.4 Å². The first-order valence-corrected chi connectivity index (χ1v) is 8.62. The van der Waals surface area contributed by atoms with E-state index in [-0.39, 0.29) is 11.7 Å². The second-order valence-corrected chi connectivity index (χ2v) is 8.08. The smallest absolute Gasteiger partial charge is 0.214 e. The number of β-amino-alcohol motifs (C(OH)–C–C–N with tert-alkyl or cyclic N) is 1. The molecule has 0 radical (unpaired) electrons. The predicted molar refractivity (Wildman–Crippen MR) is 81.2 cm³/mol.